The molecule has 0 bridgehead atoms. The Hall–Kier alpha value is -1.75. The number of hydrogen-bond acceptors (Lipinski definition) is 4. The molecule has 2 rings (SSSR count). The number of para-hydroxylation sites is 1. The zero-order valence-corrected chi connectivity index (χ0v) is 8.37. The highest BCUT2D eigenvalue weighted by Gasteiger charge is 2.06. The molecule has 0 aliphatic rings. The molecule has 15 heavy (non-hydrogen) atoms. The molecule has 0 spiro atoms. The summed E-state index contributed by atoms with van der Waals surface area (Å²) in [6.45, 7) is 1.27. The number of aromatic nitrogens is 1. The third kappa shape index (κ3) is 2.02. The molecule has 0 fully saturated rings. The van der Waals surface area contributed by atoms with E-state index in [2.05, 4.69) is 10.3 Å². The first-order valence-electron chi connectivity index (χ1n) is 4.70. The van der Waals surface area contributed by atoms with Crippen molar-refractivity contribution < 1.29 is 9.15 Å². The molecule has 2 aromatic rings. The van der Waals surface area contributed by atoms with Crippen LogP contribution in [0.5, 0.6) is 5.75 Å². The smallest absolute Gasteiger partial charge is 0.417 e. The van der Waals surface area contributed by atoms with E-state index in [0.29, 0.717) is 23.5 Å². The minimum Gasteiger partial charge on any atom is -0.488 e. The number of likely N-dealkylation sites (N-methyl/N-ethyl adjacent to an activating group) is 1. The Morgan fingerprint density at radius 3 is 3.20 bits per heavy atom. The van der Waals surface area contributed by atoms with E-state index in [9.17, 15) is 4.79 Å². The van der Waals surface area contributed by atoms with E-state index in [1.54, 1.807) is 12.1 Å². The van der Waals surface area contributed by atoms with Crippen molar-refractivity contribution in [3.05, 3.63) is 28.7 Å². The van der Waals surface area contributed by atoms with Gasteiger partial charge in [0.05, 0.1) is 5.52 Å². The molecule has 0 unspecified atom stereocenters. The summed E-state index contributed by atoms with van der Waals surface area (Å²) in [6.07, 6.45) is 0. The highest BCUT2D eigenvalue weighted by atomic mass is 16.5. The highest BCUT2D eigenvalue weighted by Crippen LogP contribution is 2.22. The summed E-state index contributed by atoms with van der Waals surface area (Å²) in [5.74, 6) is 0.121. The van der Waals surface area contributed by atoms with Gasteiger partial charge in [0, 0.05) is 6.54 Å². The lowest BCUT2D eigenvalue weighted by Crippen LogP contribution is -2.15. The fraction of sp³-hybridized carbons (Fsp3) is 0.300. The van der Waals surface area contributed by atoms with Gasteiger partial charge in [-0.05, 0) is 19.2 Å². The maximum atomic E-state index is 11.0. The molecule has 0 saturated heterocycles. The molecule has 1 aromatic carbocycles. The van der Waals surface area contributed by atoms with Crippen molar-refractivity contribution in [1.82, 2.24) is 10.3 Å². The van der Waals surface area contributed by atoms with E-state index in [4.69, 9.17) is 9.15 Å². The summed E-state index contributed by atoms with van der Waals surface area (Å²) in [5.41, 5.74) is 1.13. The maximum absolute atomic E-state index is 11.0. The van der Waals surface area contributed by atoms with Gasteiger partial charge >= 0.3 is 5.76 Å². The van der Waals surface area contributed by atoms with Crippen molar-refractivity contribution in [3.8, 4) is 5.75 Å². The lowest BCUT2D eigenvalue weighted by Gasteiger charge is -2.04. The van der Waals surface area contributed by atoms with Gasteiger partial charge < -0.3 is 14.5 Å². The molecule has 0 atom stereocenters. The van der Waals surface area contributed by atoms with Gasteiger partial charge in [-0.15, -0.1) is 0 Å². The molecule has 0 saturated carbocycles. The number of H-pyrrole nitrogens is 1. The Balaban J connectivity index is 2.29. The van der Waals surface area contributed by atoms with E-state index < -0.39 is 5.76 Å². The molecule has 0 amide bonds. The standard InChI is InChI=1S/C10H12N2O3/c1-11-5-6-14-8-4-2-3-7-9(8)15-10(13)12-7/h2-4,11H,5-6H2,1H3,(H,12,13). The third-order valence-electron chi connectivity index (χ3n) is 2.02. The number of benzene rings is 1. The monoisotopic (exact) mass is 208 g/mol. The maximum Gasteiger partial charge on any atom is 0.417 e. The second-order valence-corrected chi connectivity index (χ2v) is 3.10. The van der Waals surface area contributed by atoms with Gasteiger partial charge in [0.25, 0.3) is 0 Å². The SMILES string of the molecule is CNCCOc1cccc2[nH]c(=O)oc12. The van der Waals surface area contributed by atoms with Crippen LogP contribution in [0.1, 0.15) is 0 Å². The average Bonchev–Trinajstić information content (AvgIpc) is 2.59. The van der Waals surface area contributed by atoms with E-state index in [1.807, 2.05) is 13.1 Å². The topological polar surface area (TPSA) is 67.3 Å². The molecule has 0 radical (unpaired) electrons. The number of oxazole rings is 1. The van der Waals surface area contributed by atoms with Gasteiger partial charge in [-0.2, -0.15) is 0 Å². The predicted molar refractivity (Wildman–Crippen MR) is 56.3 cm³/mol. The first-order valence-corrected chi connectivity index (χ1v) is 4.70. The predicted octanol–water partition coefficient (Wildman–Crippen LogP) is 0.719. The summed E-state index contributed by atoms with van der Waals surface area (Å²) >= 11 is 0. The number of hydrogen-bond donors (Lipinski definition) is 2. The second-order valence-electron chi connectivity index (χ2n) is 3.10. The third-order valence-corrected chi connectivity index (χ3v) is 2.02. The second kappa shape index (κ2) is 4.18. The van der Waals surface area contributed by atoms with Crippen molar-refractivity contribution in [2.75, 3.05) is 20.2 Å². The number of rotatable bonds is 4. The normalized spacial score (nSPS) is 10.7. The van der Waals surface area contributed by atoms with E-state index in [1.165, 1.54) is 0 Å². The van der Waals surface area contributed by atoms with Crippen LogP contribution in [0.2, 0.25) is 0 Å². The summed E-state index contributed by atoms with van der Waals surface area (Å²) < 4.78 is 10.4. The van der Waals surface area contributed by atoms with Gasteiger partial charge in [-0.1, -0.05) is 6.07 Å². The fourth-order valence-corrected chi connectivity index (χ4v) is 1.32. The molecule has 5 nitrogen and oxygen atoms in total. The quantitative estimate of drug-likeness (QED) is 0.726. The lowest BCUT2D eigenvalue weighted by molar-refractivity contribution is 0.316. The van der Waals surface area contributed by atoms with Gasteiger partial charge in [0.1, 0.15) is 6.61 Å². The Labute approximate surface area is 86.0 Å². The van der Waals surface area contributed by atoms with Crippen molar-refractivity contribution >= 4 is 11.1 Å². The zero-order chi connectivity index (χ0) is 10.7. The minimum atomic E-state index is -0.463. The van der Waals surface area contributed by atoms with Gasteiger partial charge in [0.2, 0.25) is 0 Å². The molecule has 0 aliphatic heterocycles. The van der Waals surface area contributed by atoms with Crippen LogP contribution in [-0.4, -0.2) is 25.2 Å². The first kappa shape index (κ1) is 9.79. The van der Waals surface area contributed by atoms with Gasteiger partial charge in [-0.25, -0.2) is 4.79 Å². The van der Waals surface area contributed by atoms with Crippen LogP contribution in [0.4, 0.5) is 0 Å². The van der Waals surface area contributed by atoms with Crippen LogP contribution in [0.3, 0.4) is 0 Å². The van der Waals surface area contributed by atoms with Crippen molar-refractivity contribution in [2.45, 2.75) is 0 Å². The number of nitrogens with one attached hydrogen (secondary N) is 2. The zero-order valence-electron chi connectivity index (χ0n) is 8.37. The van der Waals surface area contributed by atoms with E-state index >= 15 is 0 Å². The fourth-order valence-electron chi connectivity index (χ4n) is 1.32. The molecule has 5 heteroatoms. The number of aromatic amines is 1. The largest absolute Gasteiger partial charge is 0.488 e. The van der Waals surface area contributed by atoms with Crippen LogP contribution in [-0.2, 0) is 0 Å². The minimum absolute atomic E-state index is 0.463. The molecule has 2 N–H and O–H groups in total. The molecule has 1 aromatic heterocycles. The van der Waals surface area contributed by atoms with Crippen LogP contribution in [0.15, 0.2) is 27.4 Å². The summed E-state index contributed by atoms with van der Waals surface area (Å²) in [6, 6.07) is 5.35. The van der Waals surface area contributed by atoms with Gasteiger partial charge in [0.15, 0.2) is 11.3 Å². The number of fused-ring (bicyclic) bond motifs is 1. The highest BCUT2D eigenvalue weighted by molar-refractivity contribution is 5.78. The van der Waals surface area contributed by atoms with Crippen molar-refractivity contribution in [1.29, 1.82) is 0 Å². The molecular weight excluding hydrogens is 196 g/mol. The average molecular weight is 208 g/mol. The van der Waals surface area contributed by atoms with E-state index in [-0.39, 0.29) is 0 Å². The van der Waals surface area contributed by atoms with Gasteiger partial charge in [-0.3, -0.25) is 4.98 Å². The van der Waals surface area contributed by atoms with Crippen LogP contribution >= 0.6 is 0 Å². The Kier molecular flexibility index (Phi) is 2.73. The Bertz CT molecular complexity index is 501. The molecule has 0 aliphatic carbocycles. The Morgan fingerprint density at radius 1 is 1.53 bits per heavy atom. The summed E-state index contributed by atoms with van der Waals surface area (Å²) in [4.78, 5) is 13.6. The first-order chi connectivity index (χ1) is 7.31. The summed E-state index contributed by atoms with van der Waals surface area (Å²) in [5, 5.41) is 2.97. The lowest BCUT2D eigenvalue weighted by atomic mass is 10.3. The van der Waals surface area contributed by atoms with Crippen LogP contribution in [0.25, 0.3) is 11.1 Å². The van der Waals surface area contributed by atoms with E-state index in [0.717, 1.165) is 6.54 Å². The summed E-state index contributed by atoms with van der Waals surface area (Å²) in [7, 11) is 1.85. The van der Waals surface area contributed by atoms with Crippen LogP contribution < -0.4 is 15.8 Å². The number of ether oxygens (including phenoxy) is 1. The van der Waals surface area contributed by atoms with Crippen molar-refractivity contribution in [2.24, 2.45) is 0 Å². The Morgan fingerprint density at radius 2 is 2.40 bits per heavy atom. The molecular formula is C10H12N2O3. The molecule has 1 heterocycles. The van der Waals surface area contributed by atoms with Crippen molar-refractivity contribution in [3.63, 3.8) is 0 Å². The van der Waals surface area contributed by atoms with Crippen LogP contribution in [0, 0.1) is 0 Å². The molecule has 80 valence electrons.